The quantitative estimate of drug-likeness (QED) is 0.703. The van der Waals surface area contributed by atoms with Crippen LogP contribution in [0.25, 0.3) is 0 Å². The molecular formula is C12H17FO. The fourth-order valence-electron chi connectivity index (χ4n) is 1.51. The molecule has 0 aromatic heterocycles. The lowest BCUT2D eigenvalue weighted by atomic mass is 9.86. The van der Waals surface area contributed by atoms with Gasteiger partial charge in [0.25, 0.3) is 0 Å². The summed E-state index contributed by atoms with van der Waals surface area (Å²) in [4.78, 5) is 0. The van der Waals surface area contributed by atoms with Gasteiger partial charge < -0.3 is 4.74 Å². The van der Waals surface area contributed by atoms with E-state index in [2.05, 4.69) is 0 Å². The molecule has 0 fully saturated rings. The molecule has 0 aliphatic rings. The van der Waals surface area contributed by atoms with Gasteiger partial charge in [-0.1, -0.05) is 26.8 Å². The van der Waals surface area contributed by atoms with Crippen LogP contribution in [0.3, 0.4) is 0 Å². The van der Waals surface area contributed by atoms with Crippen LogP contribution in [0.2, 0.25) is 0 Å². The van der Waals surface area contributed by atoms with E-state index in [0.717, 1.165) is 0 Å². The number of hydrogen-bond acceptors (Lipinski definition) is 1. The van der Waals surface area contributed by atoms with Crippen molar-refractivity contribution in [1.82, 2.24) is 0 Å². The summed E-state index contributed by atoms with van der Waals surface area (Å²) in [6.07, 6.45) is 0. The Morgan fingerprint density at radius 2 is 1.93 bits per heavy atom. The Labute approximate surface area is 84.9 Å². The third kappa shape index (κ3) is 2.25. The molecule has 78 valence electrons. The minimum atomic E-state index is -0.226. The number of ether oxygens (including phenoxy) is 1. The highest BCUT2D eigenvalue weighted by molar-refractivity contribution is 5.39. The first-order chi connectivity index (χ1) is 6.46. The van der Waals surface area contributed by atoms with Crippen LogP contribution in [0.1, 0.15) is 33.3 Å². The lowest BCUT2D eigenvalue weighted by molar-refractivity contribution is 0.325. The van der Waals surface area contributed by atoms with Crippen molar-refractivity contribution in [3.8, 4) is 5.75 Å². The Kier molecular flexibility index (Phi) is 3.14. The van der Waals surface area contributed by atoms with Gasteiger partial charge in [-0.2, -0.15) is 0 Å². The SMILES string of the molecule is CCOc1cccc(F)c1C(C)(C)C. The predicted octanol–water partition coefficient (Wildman–Crippen LogP) is 3.52. The summed E-state index contributed by atoms with van der Waals surface area (Å²) in [6.45, 7) is 8.40. The highest BCUT2D eigenvalue weighted by Gasteiger charge is 2.22. The molecule has 0 heterocycles. The average molecular weight is 196 g/mol. The van der Waals surface area contributed by atoms with Crippen molar-refractivity contribution >= 4 is 0 Å². The van der Waals surface area contributed by atoms with Crippen LogP contribution < -0.4 is 4.74 Å². The molecule has 0 bridgehead atoms. The van der Waals surface area contributed by atoms with Crippen molar-refractivity contribution < 1.29 is 9.13 Å². The first kappa shape index (κ1) is 11.0. The van der Waals surface area contributed by atoms with Crippen LogP contribution >= 0.6 is 0 Å². The molecule has 0 saturated heterocycles. The van der Waals surface area contributed by atoms with Gasteiger partial charge in [0, 0.05) is 5.56 Å². The first-order valence-electron chi connectivity index (χ1n) is 4.88. The number of halogens is 1. The molecule has 0 unspecified atom stereocenters. The highest BCUT2D eigenvalue weighted by Crippen LogP contribution is 2.33. The minimum absolute atomic E-state index is 0.191. The van der Waals surface area contributed by atoms with Crippen LogP contribution in [0.4, 0.5) is 4.39 Å². The van der Waals surface area contributed by atoms with Gasteiger partial charge in [0.2, 0.25) is 0 Å². The second-order valence-electron chi connectivity index (χ2n) is 4.30. The normalized spacial score (nSPS) is 11.5. The summed E-state index contributed by atoms with van der Waals surface area (Å²) >= 11 is 0. The Morgan fingerprint density at radius 3 is 2.43 bits per heavy atom. The first-order valence-corrected chi connectivity index (χ1v) is 4.88. The fourth-order valence-corrected chi connectivity index (χ4v) is 1.51. The van der Waals surface area contributed by atoms with Gasteiger partial charge in [0.05, 0.1) is 6.61 Å². The molecule has 0 aliphatic heterocycles. The molecule has 1 nitrogen and oxygen atoms in total. The smallest absolute Gasteiger partial charge is 0.130 e. The standard InChI is InChI=1S/C12H17FO/c1-5-14-10-8-6-7-9(13)11(10)12(2,3)4/h6-8H,5H2,1-4H3. The molecule has 0 spiro atoms. The van der Waals surface area contributed by atoms with E-state index in [-0.39, 0.29) is 11.2 Å². The van der Waals surface area contributed by atoms with E-state index >= 15 is 0 Å². The summed E-state index contributed by atoms with van der Waals surface area (Å²) in [5.41, 5.74) is 0.428. The van der Waals surface area contributed by atoms with Gasteiger partial charge in [0.15, 0.2) is 0 Å². The summed E-state index contributed by atoms with van der Waals surface area (Å²) in [5.74, 6) is 0.462. The maximum atomic E-state index is 13.6. The van der Waals surface area contributed by atoms with Gasteiger partial charge >= 0.3 is 0 Å². The van der Waals surface area contributed by atoms with E-state index < -0.39 is 0 Å². The van der Waals surface area contributed by atoms with E-state index in [9.17, 15) is 4.39 Å². The summed E-state index contributed by atoms with van der Waals surface area (Å²) in [6, 6.07) is 4.96. The van der Waals surface area contributed by atoms with Crippen LogP contribution in [0.5, 0.6) is 5.75 Å². The van der Waals surface area contributed by atoms with Crippen molar-refractivity contribution in [2.75, 3.05) is 6.61 Å². The summed E-state index contributed by atoms with van der Waals surface area (Å²) in [5, 5.41) is 0. The second-order valence-corrected chi connectivity index (χ2v) is 4.30. The van der Waals surface area contributed by atoms with Crippen LogP contribution in [0.15, 0.2) is 18.2 Å². The second kappa shape index (κ2) is 3.99. The lowest BCUT2D eigenvalue weighted by Crippen LogP contribution is -2.15. The zero-order valence-electron chi connectivity index (χ0n) is 9.23. The third-order valence-electron chi connectivity index (χ3n) is 2.03. The van der Waals surface area contributed by atoms with E-state index in [1.54, 1.807) is 6.07 Å². The Morgan fingerprint density at radius 1 is 1.29 bits per heavy atom. The summed E-state index contributed by atoms with van der Waals surface area (Å²) < 4.78 is 19.0. The van der Waals surface area contributed by atoms with E-state index in [4.69, 9.17) is 4.74 Å². The molecule has 1 aromatic carbocycles. The summed E-state index contributed by atoms with van der Waals surface area (Å²) in [7, 11) is 0. The van der Waals surface area contributed by atoms with Gasteiger partial charge in [-0.25, -0.2) is 4.39 Å². The Hall–Kier alpha value is -1.05. The Bertz CT molecular complexity index is 313. The van der Waals surface area contributed by atoms with Crippen molar-refractivity contribution in [2.45, 2.75) is 33.1 Å². The van der Waals surface area contributed by atoms with E-state index in [1.165, 1.54) is 6.07 Å². The average Bonchev–Trinajstić information content (AvgIpc) is 2.02. The molecule has 0 atom stereocenters. The van der Waals surface area contributed by atoms with E-state index in [0.29, 0.717) is 17.9 Å². The monoisotopic (exact) mass is 196 g/mol. The molecule has 0 radical (unpaired) electrons. The number of rotatable bonds is 2. The molecule has 0 aliphatic carbocycles. The van der Waals surface area contributed by atoms with Crippen molar-refractivity contribution in [2.24, 2.45) is 0 Å². The predicted molar refractivity (Wildman–Crippen MR) is 56.3 cm³/mol. The lowest BCUT2D eigenvalue weighted by Gasteiger charge is -2.23. The largest absolute Gasteiger partial charge is 0.493 e. The maximum absolute atomic E-state index is 13.6. The maximum Gasteiger partial charge on any atom is 0.130 e. The van der Waals surface area contributed by atoms with Gasteiger partial charge in [-0.3, -0.25) is 0 Å². The molecule has 1 rings (SSSR count). The molecule has 0 amide bonds. The van der Waals surface area contributed by atoms with E-state index in [1.807, 2.05) is 33.8 Å². The van der Waals surface area contributed by atoms with Crippen LogP contribution in [-0.2, 0) is 5.41 Å². The molecule has 0 saturated carbocycles. The van der Waals surface area contributed by atoms with Crippen LogP contribution in [0, 0.1) is 5.82 Å². The topological polar surface area (TPSA) is 9.23 Å². The number of hydrogen-bond donors (Lipinski definition) is 0. The zero-order chi connectivity index (χ0) is 10.8. The zero-order valence-corrected chi connectivity index (χ0v) is 9.23. The molecule has 0 N–H and O–H groups in total. The highest BCUT2D eigenvalue weighted by atomic mass is 19.1. The van der Waals surface area contributed by atoms with Crippen molar-refractivity contribution in [1.29, 1.82) is 0 Å². The molecule has 1 aromatic rings. The molecular weight excluding hydrogens is 179 g/mol. The molecule has 14 heavy (non-hydrogen) atoms. The fraction of sp³-hybridized carbons (Fsp3) is 0.500. The molecule has 2 heteroatoms. The van der Waals surface area contributed by atoms with Gasteiger partial charge in [-0.05, 0) is 24.5 Å². The number of benzene rings is 1. The third-order valence-corrected chi connectivity index (χ3v) is 2.03. The van der Waals surface area contributed by atoms with Crippen molar-refractivity contribution in [3.63, 3.8) is 0 Å². The Balaban J connectivity index is 3.22. The van der Waals surface area contributed by atoms with Crippen molar-refractivity contribution in [3.05, 3.63) is 29.6 Å². The van der Waals surface area contributed by atoms with Gasteiger partial charge in [-0.15, -0.1) is 0 Å². The minimum Gasteiger partial charge on any atom is -0.493 e. The van der Waals surface area contributed by atoms with Crippen LogP contribution in [-0.4, -0.2) is 6.61 Å². The van der Waals surface area contributed by atoms with Gasteiger partial charge in [0.1, 0.15) is 11.6 Å².